The Labute approximate surface area is 156 Å². The number of unbranched alkanes of at least 4 members (excludes halogenated alkanes) is 1. The van der Waals surface area contributed by atoms with Gasteiger partial charge in [-0.25, -0.2) is 13.6 Å². The number of carbonyl (C=O) groups is 1. The van der Waals surface area contributed by atoms with E-state index in [9.17, 15) is 18.0 Å². The molecule has 3 nitrogen and oxygen atoms in total. The largest absolute Gasteiger partial charge is 0.491 e. The molecule has 0 spiro atoms. The summed E-state index contributed by atoms with van der Waals surface area (Å²) in [6, 6.07) is 9.00. The fourth-order valence-corrected chi connectivity index (χ4v) is 2.45. The van der Waals surface area contributed by atoms with E-state index in [1.54, 1.807) is 31.2 Å². The molecule has 0 radical (unpaired) electrons. The predicted molar refractivity (Wildman–Crippen MR) is 96.7 cm³/mol. The van der Waals surface area contributed by atoms with Crippen LogP contribution >= 0.6 is 0 Å². The Bertz CT molecular complexity index is 810. The number of aryl methyl sites for hydroxylation is 1. The van der Waals surface area contributed by atoms with Crippen LogP contribution in [-0.2, 0) is 6.42 Å². The number of ether oxygens (including phenoxy) is 2. The van der Waals surface area contributed by atoms with Crippen molar-refractivity contribution in [3.8, 4) is 11.5 Å². The molecule has 0 saturated heterocycles. The first-order valence-corrected chi connectivity index (χ1v) is 8.66. The fraction of sp³-hybridized carbons (Fsp3) is 0.286. The molecule has 2 aromatic carbocycles. The minimum Gasteiger partial charge on any atom is -0.491 e. The summed E-state index contributed by atoms with van der Waals surface area (Å²) in [5.74, 6) is -3.76. The van der Waals surface area contributed by atoms with Gasteiger partial charge >= 0.3 is 5.97 Å². The van der Waals surface area contributed by atoms with E-state index in [2.05, 4.69) is 0 Å². The molecule has 0 bridgehead atoms. The van der Waals surface area contributed by atoms with Gasteiger partial charge in [-0.1, -0.05) is 18.2 Å². The summed E-state index contributed by atoms with van der Waals surface area (Å²) in [5.41, 5.74) is 0.492. The van der Waals surface area contributed by atoms with Crippen LogP contribution in [0.25, 0.3) is 0 Å². The van der Waals surface area contributed by atoms with Gasteiger partial charge in [-0.2, -0.15) is 4.39 Å². The Balaban J connectivity index is 2.00. The zero-order valence-corrected chi connectivity index (χ0v) is 15.2. The third-order valence-electron chi connectivity index (χ3n) is 3.80. The number of halogens is 3. The van der Waals surface area contributed by atoms with Gasteiger partial charge in [0.2, 0.25) is 5.82 Å². The first-order chi connectivity index (χ1) is 12.9. The number of carbonyl (C=O) groups excluding carboxylic acids is 1. The number of rotatable bonds is 8. The highest BCUT2D eigenvalue weighted by Gasteiger charge is 2.21. The smallest absolute Gasteiger partial charge is 0.346 e. The van der Waals surface area contributed by atoms with E-state index >= 15 is 0 Å². The van der Waals surface area contributed by atoms with E-state index in [1.165, 1.54) is 19.1 Å². The van der Waals surface area contributed by atoms with Crippen LogP contribution < -0.4 is 9.47 Å². The number of allylic oxidation sites excluding steroid dienone is 2. The van der Waals surface area contributed by atoms with Crippen molar-refractivity contribution in [3.05, 3.63) is 71.1 Å². The maximum Gasteiger partial charge on any atom is 0.346 e. The zero-order chi connectivity index (χ0) is 19.8. The Hall–Kier alpha value is -2.76. The van der Waals surface area contributed by atoms with Gasteiger partial charge in [-0.05, 0) is 62.9 Å². The lowest BCUT2D eigenvalue weighted by atomic mass is 10.1. The highest BCUT2D eigenvalue weighted by atomic mass is 19.2. The first kappa shape index (κ1) is 20.6. The number of benzene rings is 2. The van der Waals surface area contributed by atoms with Crippen LogP contribution in [0.15, 0.2) is 48.3 Å². The lowest BCUT2D eigenvalue weighted by Gasteiger charge is -2.09. The maximum absolute atomic E-state index is 14.0. The molecule has 0 heterocycles. The third-order valence-corrected chi connectivity index (χ3v) is 3.80. The number of hydrogen-bond acceptors (Lipinski definition) is 3. The van der Waals surface area contributed by atoms with Crippen LogP contribution in [0, 0.1) is 11.6 Å². The van der Waals surface area contributed by atoms with Gasteiger partial charge in [0.1, 0.15) is 5.75 Å². The second kappa shape index (κ2) is 9.80. The van der Waals surface area contributed by atoms with Crippen molar-refractivity contribution in [1.82, 2.24) is 0 Å². The lowest BCUT2D eigenvalue weighted by Crippen LogP contribution is -2.12. The molecule has 2 rings (SSSR count). The monoisotopic (exact) mass is 378 g/mol. The summed E-state index contributed by atoms with van der Waals surface area (Å²) in [6.07, 6.45) is 3.70. The van der Waals surface area contributed by atoms with E-state index in [4.69, 9.17) is 9.47 Å². The van der Waals surface area contributed by atoms with Gasteiger partial charge < -0.3 is 9.47 Å². The molecule has 0 aromatic heterocycles. The van der Waals surface area contributed by atoms with Gasteiger partial charge in [0.25, 0.3) is 0 Å². The van der Waals surface area contributed by atoms with Gasteiger partial charge in [0.05, 0.1) is 18.0 Å². The Morgan fingerprint density at radius 3 is 2.41 bits per heavy atom. The second-order valence-corrected chi connectivity index (χ2v) is 5.89. The van der Waals surface area contributed by atoms with Crippen molar-refractivity contribution in [1.29, 1.82) is 0 Å². The quantitative estimate of drug-likeness (QED) is 0.332. The second-order valence-electron chi connectivity index (χ2n) is 5.89. The molecule has 0 N–H and O–H groups in total. The van der Waals surface area contributed by atoms with Gasteiger partial charge in [-0.15, -0.1) is 0 Å². The lowest BCUT2D eigenvalue weighted by molar-refractivity contribution is 0.0728. The summed E-state index contributed by atoms with van der Waals surface area (Å²) in [5, 5.41) is 0. The molecule has 0 aliphatic rings. The SMILES string of the molecule is CCOc1ccc(C(=O)Oc2ccc(CCCC=C(C)F)cc2)c(F)c1F. The molecule has 2 aromatic rings. The molecule has 0 saturated carbocycles. The normalized spacial score (nSPS) is 11.4. The van der Waals surface area contributed by atoms with Crippen molar-refractivity contribution < 1.29 is 27.4 Å². The Kier molecular flexibility index (Phi) is 7.46. The minimum absolute atomic E-state index is 0.177. The zero-order valence-electron chi connectivity index (χ0n) is 15.2. The van der Waals surface area contributed by atoms with Gasteiger partial charge in [-0.3, -0.25) is 0 Å². The van der Waals surface area contributed by atoms with Crippen LogP contribution in [0.2, 0.25) is 0 Å². The predicted octanol–water partition coefficient (Wildman–Crippen LogP) is 5.78. The average molecular weight is 378 g/mol. The summed E-state index contributed by atoms with van der Waals surface area (Å²) < 4.78 is 50.6. The summed E-state index contributed by atoms with van der Waals surface area (Å²) in [6.45, 7) is 3.22. The molecular formula is C21H21F3O3. The number of hydrogen-bond donors (Lipinski definition) is 0. The topological polar surface area (TPSA) is 35.5 Å². The Morgan fingerprint density at radius 1 is 1.07 bits per heavy atom. The van der Waals surface area contributed by atoms with Crippen molar-refractivity contribution in [2.75, 3.05) is 6.61 Å². The summed E-state index contributed by atoms with van der Waals surface area (Å²) in [4.78, 5) is 12.1. The van der Waals surface area contributed by atoms with Crippen LogP contribution in [-0.4, -0.2) is 12.6 Å². The van der Waals surface area contributed by atoms with Crippen molar-refractivity contribution in [2.24, 2.45) is 0 Å². The fourth-order valence-electron chi connectivity index (χ4n) is 2.45. The molecule has 0 fully saturated rings. The van der Waals surface area contributed by atoms with E-state index in [0.717, 1.165) is 24.5 Å². The molecule has 144 valence electrons. The average Bonchev–Trinajstić information content (AvgIpc) is 2.64. The van der Waals surface area contributed by atoms with Gasteiger partial charge in [0.15, 0.2) is 11.6 Å². The van der Waals surface area contributed by atoms with E-state index in [0.29, 0.717) is 6.42 Å². The molecular weight excluding hydrogens is 357 g/mol. The Morgan fingerprint density at radius 2 is 1.78 bits per heavy atom. The van der Waals surface area contributed by atoms with Crippen LogP contribution in [0.5, 0.6) is 11.5 Å². The van der Waals surface area contributed by atoms with E-state index in [1.807, 2.05) is 0 Å². The van der Waals surface area contributed by atoms with Crippen molar-refractivity contribution in [2.45, 2.75) is 33.1 Å². The molecule has 0 aliphatic heterocycles. The molecule has 0 atom stereocenters. The molecule has 0 unspecified atom stereocenters. The molecule has 6 heteroatoms. The molecule has 0 amide bonds. The highest BCUT2D eigenvalue weighted by Crippen LogP contribution is 2.24. The van der Waals surface area contributed by atoms with Gasteiger partial charge in [0, 0.05) is 0 Å². The first-order valence-electron chi connectivity index (χ1n) is 8.66. The highest BCUT2D eigenvalue weighted by molar-refractivity contribution is 5.91. The van der Waals surface area contributed by atoms with Crippen molar-refractivity contribution in [3.63, 3.8) is 0 Å². The standard InChI is InChI=1S/C21H21F3O3/c1-3-26-18-13-12-17(19(23)20(18)24)21(25)27-16-10-8-15(9-11-16)7-5-4-6-14(2)22/h6,8-13H,3-5,7H2,1-2H3. The maximum atomic E-state index is 14.0. The van der Waals surface area contributed by atoms with Crippen LogP contribution in [0.1, 0.15) is 42.6 Å². The number of esters is 1. The molecule has 0 aliphatic carbocycles. The van der Waals surface area contributed by atoms with E-state index < -0.39 is 23.2 Å². The summed E-state index contributed by atoms with van der Waals surface area (Å²) >= 11 is 0. The summed E-state index contributed by atoms with van der Waals surface area (Å²) in [7, 11) is 0. The van der Waals surface area contributed by atoms with E-state index in [-0.39, 0.29) is 23.9 Å². The van der Waals surface area contributed by atoms with Crippen LogP contribution in [0.3, 0.4) is 0 Å². The van der Waals surface area contributed by atoms with Crippen LogP contribution in [0.4, 0.5) is 13.2 Å². The minimum atomic E-state index is -1.31. The van der Waals surface area contributed by atoms with Crippen molar-refractivity contribution >= 4 is 5.97 Å². The third kappa shape index (κ3) is 5.88. The molecule has 27 heavy (non-hydrogen) atoms.